The number of carbonyl (C=O) groups is 1. The molecule has 0 aliphatic carbocycles. The molecule has 1 aliphatic heterocycles. The number of hydrogen-bond acceptors (Lipinski definition) is 7. The predicted molar refractivity (Wildman–Crippen MR) is 111 cm³/mol. The molecule has 5 N–H and O–H groups in total. The van der Waals surface area contributed by atoms with Gasteiger partial charge in [-0.25, -0.2) is 4.99 Å². The van der Waals surface area contributed by atoms with E-state index in [1.165, 1.54) is 25.5 Å². The number of primary amides is 1. The van der Waals surface area contributed by atoms with Crippen LogP contribution >= 0.6 is 0 Å². The number of dihydropyridines is 1. The lowest BCUT2D eigenvalue weighted by molar-refractivity contribution is -0.114. The highest BCUT2D eigenvalue weighted by Crippen LogP contribution is 2.39. The van der Waals surface area contributed by atoms with E-state index in [9.17, 15) is 9.90 Å². The number of phenols is 1. The summed E-state index contributed by atoms with van der Waals surface area (Å²) in [6.45, 7) is 3.56. The zero-order valence-electron chi connectivity index (χ0n) is 16.8. The first-order valence-corrected chi connectivity index (χ1v) is 9.10. The molecule has 1 amide bonds. The van der Waals surface area contributed by atoms with Crippen LogP contribution in [0, 0.1) is 25.2 Å². The van der Waals surface area contributed by atoms with E-state index >= 15 is 0 Å². The molecule has 1 aliphatic rings. The summed E-state index contributed by atoms with van der Waals surface area (Å²) in [5, 5.41) is 19.4. The second-order valence-corrected chi connectivity index (χ2v) is 7.02. The molecule has 0 bridgehead atoms. The number of aromatic hydroxyl groups is 1. The van der Waals surface area contributed by atoms with Gasteiger partial charge in [-0.15, -0.1) is 0 Å². The van der Waals surface area contributed by atoms with Crippen molar-refractivity contribution in [3.05, 3.63) is 64.2 Å². The number of hydrogen-bond donors (Lipinski definition) is 3. The monoisotopic (exact) mass is 406 g/mol. The van der Waals surface area contributed by atoms with Gasteiger partial charge in [0, 0.05) is 12.3 Å². The zero-order valence-corrected chi connectivity index (χ0v) is 16.8. The van der Waals surface area contributed by atoms with Gasteiger partial charge in [-0.3, -0.25) is 4.79 Å². The van der Waals surface area contributed by atoms with Crippen LogP contribution in [-0.4, -0.2) is 30.6 Å². The van der Waals surface area contributed by atoms with Crippen molar-refractivity contribution in [1.82, 2.24) is 0 Å². The van der Waals surface area contributed by atoms with Crippen LogP contribution in [0.15, 0.2) is 47.0 Å². The topological polar surface area (TPSA) is 144 Å². The van der Waals surface area contributed by atoms with Gasteiger partial charge in [0.25, 0.3) is 0 Å². The van der Waals surface area contributed by atoms with Crippen LogP contribution in [0.1, 0.15) is 22.3 Å². The lowest BCUT2D eigenvalue weighted by Gasteiger charge is -2.37. The number of ether oxygens (including phenoxy) is 2. The Bertz CT molecular complexity index is 1120. The summed E-state index contributed by atoms with van der Waals surface area (Å²) < 4.78 is 11.4. The highest BCUT2D eigenvalue weighted by Gasteiger charge is 2.42. The summed E-state index contributed by atoms with van der Waals surface area (Å²) in [5.74, 6) is 0.0256. The number of rotatable bonds is 5. The van der Waals surface area contributed by atoms with Gasteiger partial charge in [-0.2, -0.15) is 5.26 Å². The molecular weight excluding hydrogens is 384 g/mol. The fraction of sp³-hybridized carbons (Fsp3) is 0.227. The molecule has 0 spiro atoms. The van der Waals surface area contributed by atoms with Crippen LogP contribution in [-0.2, 0) is 10.3 Å². The number of benzene rings is 2. The Hall–Kier alpha value is -3.83. The van der Waals surface area contributed by atoms with Gasteiger partial charge in [0.1, 0.15) is 11.3 Å². The van der Waals surface area contributed by atoms with Crippen molar-refractivity contribution >= 4 is 12.1 Å². The Labute approximate surface area is 174 Å². The second-order valence-electron chi connectivity index (χ2n) is 7.02. The maximum absolute atomic E-state index is 11.8. The van der Waals surface area contributed by atoms with Crippen molar-refractivity contribution in [3.63, 3.8) is 0 Å². The molecule has 0 saturated carbocycles. The molecule has 2 atom stereocenters. The van der Waals surface area contributed by atoms with Gasteiger partial charge in [-0.1, -0.05) is 6.07 Å². The van der Waals surface area contributed by atoms with E-state index in [4.69, 9.17) is 26.2 Å². The van der Waals surface area contributed by atoms with Crippen LogP contribution in [0.4, 0.5) is 0 Å². The first-order valence-electron chi connectivity index (χ1n) is 9.10. The van der Waals surface area contributed by atoms with Crippen molar-refractivity contribution in [1.29, 1.82) is 5.26 Å². The van der Waals surface area contributed by atoms with Crippen LogP contribution in [0.3, 0.4) is 0 Å². The summed E-state index contributed by atoms with van der Waals surface area (Å²) >= 11 is 0. The molecule has 154 valence electrons. The molecule has 0 saturated heterocycles. The third kappa shape index (κ3) is 3.58. The maximum atomic E-state index is 11.8. The highest BCUT2D eigenvalue weighted by molar-refractivity contribution is 6.12. The van der Waals surface area contributed by atoms with Crippen molar-refractivity contribution < 1.29 is 19.4 Å². The number of aliphatic imine (C=N–C) groups is 1. The third-order valence-electron chi connectivity index (χ3n) is 5.05. The van der Waals surface area contributed by atoms with Crippen molar-refractivity contribution in [3.8, 4) is 23.3 Å². The van der Waals surface area contributed by atoms with Gasteiger partial charge >= 0.3 is 0 Å². The lowest BCUT2D eigenvalue weighted by Crippen LogP contribution is -2.51. The van der Waals surface area contributed by atoms with E-state index in [0.29, 0.717) is 28.2 Å². The minimum atomic E-state index is -1.41. The molecular formula is C22H22N4O4. The van der Waals surface area contributed by atoms with Gasteiger partial charge in [0.2, 0.25) is 12.1 Å². The maximum Gasteiger partial charge on any atom is 0.250 e. The molecule has 8 nitrogen and oxygen atoms in total. The van der Waals surface area contributed by atoms with Gasteiger partial charge in [-0.05, 0) is 54.8 Å². The third-order valence-corrected chi connectivity index (χ3v) is 5.05. The Morgan fingerprint density at radius 1 is 1.27 bits per heavy atom. The Kier molecular flexibility index (Phi) is 5.49. The first-order chi connectivity index (χ1) is 14.2. The largest absolute Gasteiger partial charge is 0.508 e. The molecule has 3 rings (SSSR count). The average Bonchev–Trinajstić information content (AvgIpc) is 2.72. The molecule has 8 heteroatoms. The quantitative estimate of drug-likeness (QED) is 0.692. The Balaban J connectivity index is 2.15. The number of carbonyl (C=O) groups excluding carboxylic acids is 1. The molecule has 2 aromatic carbocycles. The van der Waals surface area contributed by atoms with Crippen molar-refractivity contribution in [2.75, 3.05) is 7.11 Å². The molecule has 1 heterocycles. The first kappa shape index (κ1) is 20.9. The van der Waals surface area contributed by atoms with Gasteiger partial charge in [0.05, 0.1) is 24.3 Å². The number of nitriles is 1. The number of phenolic OH excluding ortho intramolecular Hbond substituents is 1. The number of nitrogens with two attached hydrogens (primary N) is 2. The van der Waals surface area contributed by atoms with Crippen LogP contribution in [0.2, 0.25) is 0 Å². The summed E-state index contributed by atoms with van der Waals surface area (Å²) in [7, 11) is 1.46. The number of amides is 1. The molecule has 0 aromatic heterocycles. The standard InChI is InChI=1S/C22H22N4O4/c1-12-4-6-16(27)13(2)19(12)22(25)9-15(20(24)28)11-26-21(22)30-17-7-5-14(10-23)8-18(17)29-3/h4-9,11,21,27H,25H2,1-3H3,(H2,24,28). The summed E-state index contributed by atoms with van der Waals surface area (Å²) in [6.07, 6.45) is 1.81. The van der Waals surface area contributed by atoms with E-state index in [0.717, 1.165) is 5.56 Å². The van der Waals surface area contributed by atoms with Crippen LogP contribution in [0.5, 0.6) is 17.2 Å². The highest BCUT2D eigenvalue weighted by atomic mass is 16.5. The van der Waals surface area contributed by atoms with Gasteiger partial charge < -0.3 is 26.0 Å². The minimum absolute atomic E-state index is 0.0544. The summed E-state index contributed by atoms with van der Waals surface area (Å²) in [5.41, 5.74) is 13.3. The van der Waals surface area contributed by atoms with Crippen LogP contribution < -0.4 is 20.9 Å². The van der Waals surface area contributed by atoms with E-state index in [1.54, 1.807) is 31.2 Å². The number of methoxy groups -OCH3 is 1. The summed E-state index contributed by atoms with van der Waals surface area (Å²) in [6, 6.07) is 10.0. The summed E-state index contributed by atoms with van der Waals surface area (Å²) in [4.78, 5) is 16.2. The molecule has 2 unspecified atom stereocenters. The van der Waals surface area contributed by atoms with E-state index < -0.39 is 17.7 Å². The number of aryl methyl sites for hydroxylation is 1. The minimum Gasteiger partial charge on any atom is -0.508 e. The van der Waals surface area contributed by atoms with Crippen molar-refractivity contribution in [2.24, 2.45) is 16.5 Å². The average molecular weight is 406 g/mol. The van der Waals surface area contributed by atoms with E-state index in [1.807, 2.05) is 13.0 Å². The molecule has 2 aromatic rings. The SMILES string of the molecule is COc1cc(C#N)ccc1OC1N=CC(C(N)=O)=CC1(N)c1c(C)ccc(O)c1C. The number of nitrogens with zero attached hydrogens (tertiary/aromatic N) is 2. The molecule has 0 fully saturated rings. The van der Waals surface area contributed by atoms with Crippen molar-refractivity contribution in [2.45, 2.75) is 25.6 Å². The fourth-order valence-corrected chi connectivity index (χ4v) is 3.55. The van der Waals surface area contributed by atoms with E-state index in [2.05, 4.69) is 4.99 Å². The Morgan fingerprint density at radius 2 is 2.00 bits per heavy atom. The Morgan fingerprint density at radius 3 is 2.63 bits per heavy atom. The molecule has 30 heavy (non-hydrogen) atoms. The smallest absolute Gasteiger partial charge is 0.250 e. The normalized spacial score (nSPS) is 20.2. The molecule has 0 radical (unpaired) electrons. The predicted octanol–water partition coefficient (Wildman–Crippen LogP) is 1.94. The van der Waals surface area contributed by atoms with E-state index in [-0.39, 0.29) is 11.3 Å². The van der Waals surface area contributed by atoms with Gasteiger partial charge in [0.15, 0.2) is 11.5 Å². The second kappa shape index (κ2) is 7.89. The lowest BCUT2D eigenvalue weighted by atomic mass is 9.80. The zero-order chi connectivity index (χ0) is 22.1. The van der Waals surface area contributed by atoms with Crippen LogP contribution in [0.25, 0.3) is 0 Å². The fourth-order valence-electron chi connectivity index (χ4n) is 3.55.